The van der Waals surface area contributed by atoms with Crippen LogP contribution in [0.5, 0.6) is 0 Å². The number of hydrogen-bond acceptors (Lipinski definition) is 5. The van der Waals surface area contributed by atoms with Gasteiger partial charge in [-0.15, -0.1) is 5.10 Å². The first-order valence-electron chi connectivity index (χ1n) is 3.81. The van der Waals surface area contributed by atoms with E-state index >= 15 is 0 Å². The predicted octanol–water partition coefficient (Wildman–Crippen LogP) is 0.486. The van der Waals surface area contributed by atoms with Crippen molar-refractivity contribution in [2.24, 2.45) is 0 Å². The third kappa shape index (κ3) is 1.17. The first kappa shape index (κ1) is 8.11. The van der Waals surface area contributed by atoms with E-state index in [9.17, 15) is 0 Å². The number of nitrogens with one attached hydrogen (secondary N) is 1. The molecule has 0 saturated heterocycles. The largest absolute Gasteiger partial charge is 0.369 e. The molecule has 0 saturated carbocycles. The number of rotatable bonds is 1. The van der Waals surface area contributed by atoms with Gasteiger partial charge in [-0.2, -0.15) is 0 Å². The molecule has 0 aromatic carbocycles. The number of aromatic nitrogens is 5. The summed E-state index contributed by atoms with van der Waals surface area (Å²) in [6.07, 6.45) is 0. The zero-order valence-corrected chi connectivity index (χ0v) is 7.80. The van der Waals surface area contributed by atoms with Crippen LogP contribution in [0, 0.1) is 4.64 Å². The smallest absolute Gasteiger partial charge is 0.200 e. The van der Waals surface area contributed by atoms with Crippen molar-refractivity contribution in [1.29, 1.82) is 0 Å². The first-order chi connectivity index (χ1) is 6.22. The van der Waals surface area contributed by atoms with Gasteiger partial charge in [-0.3, -0.25) is 0 Å². The van der Waals surface area contributed by atoms with Crippen molar-refractivity contribution < 1.29 is 0 Å². The maximum absolute atomic E-state index is 5.51. The van der Waals surface area contributed by atoms with Crippen molar-refractivity contribution in [3.8, 4) is 0 Å². The van der Waals surface area contributed by atoms with Gasteiger partial charge >= 0.3 is 0 Å². The van der Waals surface area contributed by atoms with Gasteiger partial charge in [0.25, 0.3) is 0 Å². The number of nitrogens with two attached hydrogens (primary N) is 1. The second kappa shape index (κ2) is 2.77. The second-order valence-electron chi connectivity index (χ2n) is 2.53. The highest BCUT2D eigenvalue weighted by atomic mass is 32.1. The molecule has 2 rings (SSSR count). The Kier molecular flexibility index (Phi) is 1.73. The fraction of sp³-hybridized carbons (Fsp3) is 0.333. The lowest BCUT2D eigenvalue weighted by molar-refractivity contribution is 0.641. The van der Waals surface area contributed by atoms with Gasteiger partial charge < -0.3 is 10.7 Å². The molecule has 0 radical (unpaired) electrons. The number of hydrogen-bond donors (Lipinski definition) is 2. The summed E-state index contributed by atoms with van der Waals surface area (Å²) in [4.78, 5) is 6.74. The Morgan fingerprint density at radius 2 is 2.38 bits per heavy atom. The molecule has 0 aliphatic carbocycles. The van der Waals surface area contributed by atoms with Crippen LogP contribution in [0.25, 0.3) is 11.2 Å². The molecule has 0 unspecified atom stereocenters. The zero-order valence-electron chi connectivity index (χ0n) is 6.98. The van der Waals surface area contributed by atoms with Crippen LogP contribution >= 0.6 is 12.2 Å². The highest BCUT2D eigenvalue weighted by molar-refractivity contribution is 7.71. The van der Waals surface area contributed by atoms with Gasteiger partial charge in [-0.05, 0) is 6.92 Å². The highest BCUT2D eigenvalue weighted by Crippen LogP contribution is 2.09. The van der Waals surface area contributed by atoms with Crippen molar-refractivity contribution in [2.75, 3.05) is 5.73 Å². The van der Waals surface area contributed by atoms with Gasteiger partial charge in [-0.25, -0.2) is 9.67 Å². The van der Waals surface area contributed by atoms with E-state index < -0.39 is 0 Å². The highest BCUT2D eigenvalue weighted by Gasteiger charge is 2.06. The maximum atomic E-state index is 5.51. The Morgan fingerprint density at radius 3 is 3.08 bits per heavy atom. The number of nitrogen functional groups attached to an aromatic ring is 1. The van der Waals surface area contributed by atoms with Crippen LogP contribution in [0.15, 0.2) is 0 Å². The Labute approximate surface area is 78.8 Å². The molecular formula is C6H8N6S. The Balaban J connectivity index is 2.90. The SMILES string of the molecule is CCn1nnc2c(=S)nc(N)[nH]c21. The third-order valence-corrected chi connectivity index (χ3v) is 1.99. The molecule has 2 heterocycles. The number of nitrogens with zero attached hydrogens (tertiary/aromatic N) is 4. The van der Waals surface area contributed by atoms with Crippen LogP contribution in [-0.4, -0.2) is 25.0 Å². The molecule has 0 spiro atoms. The van der Waals surface area contributed by atoms with E-state index in [1.807, 2.05) is 6.92 Å². The lowest BCUT2D eigenvalue weighted by Gasteiger charge is -1.97. The molecule has 0 fully saturated rings. The monoisotopic (exact) mass is 196 g/mol. The van der Waals surface area contributed by atoms with E-state index in [-0.39, 0.29) is 5.95 Å². The predicted molar refractivity (Wildman–Crippen MR) is 50.6 cm³/mol. The quantitative estimate of drug-likeness (QED) is 0.648. The summed E-state index contributed by atoms with van der Waals surface area (Å²) in [5, 5.41) is 7.78. The lowest BCUT2D eigenvalue weighted by atomic mass is 10.5. The number of anilines is 1. The topological polar surface area (TPSA) is 85.4 Å². The molecule has 2 aromatic rings. The number of aryl methyl sites for hydroxylation is 1. The van der Waals surface area contributed by atoms with Gasteiger partial charge in [0.1, 0.15) is 0 Å². The summed E-state index contributed by atoms with van der Waals surface area (Å²) < 4.78 is 2.06. The molecule has 0 atom stereocenters. The average Bonchev–Trinajstić information content (AvgIpc) is 2.47. The molecule has 3 N–H and O–H groups in total. The Bertz CT molecular complexity index is 497. The summed E-state index contributed by atoms with van der Waals surface area (Å²) in [7, 11) is 0. The molecule has 0 aliphatic heterocycles. The van der Waals surface area contributed by atoms with Gasteiger partial charge in [0.05, 0.1) is 0 Å². The van der Waals surface area contributed by atoms with E-state index in [0.717, 1.165) is 5.65 Å². The first-order valence-corrected chi connectivity index (χ1v) is 4.22. The zero-order chi connectivity index (χ0) is 9.42. The molecule has 0 bridgehead atoms. The van der Waals surface area contributed by atoms with E-state index in [1.54, 1.807) is 4.68 Å². The van der Waals surface area contributed by atoms with Crippen LogP contribution in [0.4, 0.5) is 5.95 Å². The molecular weight excluding hydrogens is 188 g/mol. The summed E-state index contributed by atoms with van der Waals surface area (Å²) in [6, 6.07) is 0. The van der Waals surface area contributed by atoms with Gasteiger partial charge in [0.15, 0.2) is 15.8 Å². The van der Waals surface area contributed by atoms with Crippen LogP contribution in [0.1, 0.15) is 6.92 Å². The molecule has 0 amide bonds. The molecule has 0 aliphatic rings. The van der Waals surface area contributed by atoms with E-state index in [1.165, 1.54) is 0 Å². The minimum Gasteiger partial charge on any atom is -0.369 e. The van der Waals surface area contributed by atoms with E-state index in [0.29, 0.717) is 16.7 Å². The van der Waals surface area contributed by atoms with Crippen molar-refractivity contribution in [3.05, 3.63) is 4.64 Å². The van der Waals surface area contributed by atoms with Crippen molar-refractivity contribution >= 4 is 29.3 Å². The van der Waals surface area contributed by atoms with Crippen molar-refractivity contribution in [2.45, 2.75) is 13.5 Å². The maximum Gasteiger partial charge on any atom is 0.200 e. The van der Waals surface area contributed by atoms with Crippen LogP contribution < -0.4 is 5.73 Å². The summed E-state index contributed by atoms with van der Waals surface area (Å²) in [5.74, 6) is 0.287. The molecule has 6 nitrogen and oxygen atoms in total. The van der Waals surface area contributed by atoms with Crippen molar-refractivity contribution in [1.82, 2.24) is 25.0 Å². The Hall–Kier alpha value is -1.50. The van der Waals surface area contributed by atoms with Crippen LogP contribution in [0.3, 0.4) is 0 Å². The van der Waals surface area contributed by atoms with Crippen LogP contribution in [0.2, 0.25) is 0 Å². The van der Waals surface area contributed by atoms with E-state index in [4.69, 9.17) is 18.0 Å². The molecule has 68 valence electrons. The fourth-order valence-corrected chi connectivity index (χ4v) is 1.35. The van der Waals surface area contributed by atoms with Gasteiger partial charge in [-0.1, -0.05) is 17.4 Å². The fourth-order valence-electron chi connectivity index (χ4n) is 1.11. The minimum absolute atomic E-state index is 0.287. The standard InChI is InChI=1S/C6H8N6S/c1-2-12-4-3(10-11-12)5(13)9-6(7)8-4/h2H2,1H3,(H3,7,8,9,13). The van der Waals surface area contributed by atoms with Gasteiger partial charge in [0, 0.05) is 6.54 Å². The van der Waals surface area contributed by atoms with Crippen molar-refractivity contribution in [3.63, 3.8) is 0 Å². The molecule has 2 aromatic heterocycles. The second-order valence-corrected chi connectivity index (χ2v) is 2.92. The summed E-state index contributed by atoms with van der Waals surface area (Å²) >= 11 is 4.98. The normalized spacial score (nSPS) is 10.8. The molecule has 13 heavy (non-hydrogen) atoms. The van der Waals surface area contributed by atoms with Gasteiger partial charge in [0.2, 0.25) is 5.95 Å². The minimum atomic E-state index is 0.287. The number of H-pyrrole nitrogens is 1. The average molecular weight is 196 g/mol. The Morgan fingerprint density at radius 1 is 1.62 bits per heavy atom. The number of aromatic amines is 1. The van der Waals surface area contributed by atoms with E-state index in [2.05, 4.69) is 20.3 Å². The van der Waals surface area contributed by atoms with Crippen LogP contribution in [-0.2, 0) is 6.54 Å². The molecule has 7 heteroatoms. The number of fused-ring (bicyclic) bond motifs is 1. The third-order valence-electron chi connectivity index (χ3n) is 1.71. The summed E-state index contributed by atoms with van der Waals surface area (Å²) in [5.41, 5.74) is 6.82. The summed E-state index contributed by atoms with van der Waals surface area (Å²) in [6.45, 7) is 2.67. The lowest BCUT2D eigenvalue weighted by Crippen LogP contribution is -2.01.